The van der Waals surface area contributed by atoms with Gasteiger partial charge in [-0.15, -0.1) is 0 Å². The molecule has 0 saturated heterocycles. The first kappa shape index (κ1) is 17.6. The van der Waals surface area contributed by atoms with Gasteiger partial charge < -0.3 is 14.1 Å². The summed E-state index contributed by atoms with van der Waals surface area (Å²) in [5.74, 6) is 2.37. The number of carbonyl (C=O) groups is 2. The fraction of sp³-hybridized carbons (Fsp3) is 0.750. The average molecular weight is 360 g/mol. The van der Waals surface area contributed by atoms with Crippen LogP contribution in [-0.2, 0) is 16.1 Å². The maximum Gasteiger partial charge on any atom is 0.360 e. The third kappa shape index (κ3) is 3.03. The molecule has 0 unspecified atom stereocenters. The molecule has 0 N–H and O–H groups in total. The van der Waals surface area contributed by atoms with Crippen LogP contribution < -0.4 is 0 Å². The SMILES string of the molecule is CCCN(Cc1nc(C(=O)OC)co1)C(=O)C12CC3CC(CC(C3)C1)C2. The number of hydrogen-bond acceptors (Lipinski definition) is 5. The summed E-state index contributed by atoms with van der Waals surface area (Å²) in [6.45, 7) is 3.09. The van der Waals surface area contributed by atoms with Gasteiger partial charge in [0.25, 0.3) is 0 Å². The second-order valence-corrected chi connectivity index (χ2v) is 8.54. The summed E-state index contributed by atoms with van der Waals surface area (Å²) in [6.07, 6.45) is 9.32. The van der Waals surface area contributed by atoms with Crippen molar-refractivity contribution in [2.24, 2.45) is 23.2 Å². The number of hydrogen-bond donors (Lipinski definition) is 0. The van der Waals surface area contributed by atoms with Gasteiger partial charge in [-0.25, -0.2) is 9.78 Å². The number of amides is 1. The third-order valence-corrected chi connectivity index (χ3v) is 6.55. The van der Waals surface area contributed by atoms with Crippen LogP contribution in [0, 0.1) is 23.2 Å². The van der Waals surface area contributed by atoms with Crippen LogP contribution in [0.2, 0.25) is 0 Å². The Hall–Kier alpha value is -1.85. The summed E-state index contributed by atoms with van der Waals surface area (Å²) in [7, 11) is 1.32. The number of carbonyl (C=O) groups excluding carboxylic acids is 2. The highest BCUT2D eigenvalue weighted by molar-refractivity contribution is 5.86. The zero-order valence-corrected chi connectivity index (χ0v) is 15.7. The molecule has 1 aromatic heterocycles. The van der Waals surface area contributed by atoms with Crippen LogP contribution in [0.1, 0.15) is 68.2 Å². The van der Waals surface area contributed by atoms with E-state index in [0.717, 1.165) is 43.4 Å². The van der Waals surface area contributed by atoms with Crippen molar-refractivity contribution in [1.82, 2.24) is 9.88 Å². The molecule has 1 amide bonds. The van der Waals surface area contributed by atoms with Crippen molar-refractivity contribution in [3.8, 4) is 0 Å². The minimum Gasteiger partial charge on any atom is -0.464 e. The van der Waals surface area contributed by atoms with E-state index in [0.29, 0.717) is 19.0 Å². The van der Waals surface area contributed by atoms with Crippen LogP contribution in [0.15, 0.2) is 10.7 Å². The summed E-state index contributed by atoms with van der Waals surface area (Å²) in [5.41, 5.74) is -0.0111. The summed E-state index contributed by atoms with van der Waals surface area (Å²) < 4.78 is 10.1. The van der Waals surface area contributed by atoms with E-state index < -0.39 is 5.97 Å². The molecule has 0 atom stereocenters. The van der Waals surface area contributed by atoms with E-state index in [1.807, 2.05) is 4.90 Å². The number of methoxy groups -OCH3 is 1. The molecular weight excluding hydrogens is 332 g/mol. The number of nitrogens with zero attached hydrogens (tertiary/aromatic N) is 2. The average Bonchev–Trinajstić information content (AvgIpc) is 3.07. The maximum atomic E-state index is 13.6. The van der Waals surface area contributed by atoms with E-state index in [4.69, 9.17) is 4.42 Å². The molecule has 1 heterocycles. The second-order valence-electron chi connectivity index (χ2n) is 8.54. The zero-order chi connectivity index (χ0) is 18.3. The fourth-order valence-electron chi connectivity index (χ4n) is 5.98. The van der Waals surface area contributed by atoms with E-state index in [1.165, 1.54) is 32.6 Å². The van der Waals surface area contributed by atoms with Gasteiger partial charge in [0.1, 0.15) is 6.26 Å². The molecule has 4 aliphatic rings. The third-order valence-electron chi connectivity index (χ3n) is 6.55. The lowest BCUT2D eigenvalue weighted by atomic mass is 9.49. The van der Waals surface area contributed by atoms with Gasteiger partial charge in [0.05, 0.1) is 19.1 Å². The van der Waals surface area contributed by atoms with Crippen molar-refractivity contribution in [2.75, 3.05) is 13.7 Å². The van der Waals surface area contributed by atoms with Gasteiger partial charge >= 0.3 is 5.97 Å². The highest BCUT2D eigenvalue weighted by atomic mass is 16.5. The molecule has 0 spiro atoms. The Morgan fingerprint density at radius 1 is 1.23 bits per heavy atom. The molecular formula is C20H28N2O4. The molecule has 0 aromatic carbocycles. The number of aromatic nitrogens is 1. The second kappa shape index (κ2) is 6.71. The van der Waals surface area contributed by atoms with Gasteiger partial charge in [0, 0.05) is 6.54 Å². The lowest BCUT2D eigenvalue weighted by molar-refractivity contribution is -0.158. The smallest absolute Gasteiger partial charge is 0.360 e. The lowest BCUT2D eigenvalue weighted by Crippen LogP contribution is -2.54. The molecule has 4 bridgehead atoms. The maximum absolute atomic E-state index is 13.6. The molecule has 5 rings (SSSR count). The van der Waals surface area contributed by atoms with Crippen molar-refractivity contribution in [3.63, 3.8) is 0 Å². The van der Waals surface area contributed by atoms with Gasteiger partial charge in [-0.3, -0.25) is 4.79 Å². The predicted molar refractivity (Wildman–Crippen MR) is 94.2 cm³/mol. The topological polar surface area (TPSA) is 72.6 Å². The molecule has 6 nitrogen and oxygen atoms in total. The normalized spacial score (nSPS) is 31.8. The molecule has 4 fully saturated rings. The molecule has 1 aromatic rings. The molecule has 0 radical (unpaired) electrons. The monoisotopic (exact) mass is 360 g/mol. The minimum atomic E-state index is -0.519. The highest BCUT2D eigenvalue weighted by Crippen LogP contribution is 2.60. The Morgan fingerprint density at radius 2 is 1.85 bits per heavy atom. The Morgan fingerprint density at radius 3 is 2.38 bits per heavy atom. The Labute approximate surface area is 154 Å². The zero-order valence-electron chi connectivity index (χ0n) is 15.7. The molecule has 4 saturated carbocycles. The first-order valence-corrected chi connectivity index (χ1v) is 9.85. The fourth-order valence-corrected chi connectivity index (χ4v) is 5.98. The largest absolute Gasteiger partial charge is 0.464 e. The van der Waals surface area contributed by atoms with Gasteiger partial charge in [-0.1, -0.05) is 6.92 Å². The van der Waals surface area contributed by atoms with Gasteiger partial charge in [-0.2, -0.15) is 0 Å². The predicted octanol–water partition coefficient (Wildman–Crippen LogP) is 3.42. The van der Waals surface area contributed by atoms with E-state index in [-0.39, 0.29) is 17.0 Å². The summed E-state index contributed by atoms with van der Waals surface area (Å²) in [4.78, 5) is 31.2. The van der Waals surface area contributed by atoms with E-state index in [2.05, 4.69) is 16.6 Å². The van der Waals surface area contributed by atoms with Crippen molar-refractivity contribution in [1.29, 1.82) is 0 Å². The molecule has 6 heteroatoms. The van der Waals surface area contributed by atoms with Gasteiger partial charge in [-0.05, 0) is 62.7 Å². The molecule has 26 heavy (non-hydrogen) atoms. The number of ether oxygens (including phenoxy) is 1. The first-order chi connectivity index (χ1) is 12.5. The number of esters is 1. The Bertz CT molecular complexity index is 660. The lowest BCUT2D eigenvalue weighted by Gasteiger charge is -2.56. The summed E-state index contributed by atoms with van der Waals surface area (Å²) in [5, 5.41) is 0. The van der Waals surface area contributed by atoms with Crippen LogP contribution in [-0.4, -0.2) is 35.4 Å². The van der Waals surface area contributed by atoms with Crippen LogP contribution in [0.4, 0.5) is 0 Å². The van der Waals surface area contributed by atoms with E-state index in [1.54, 1.807) is 0 Å². The standard InChI is InChI=1S/C20H28N2O4/c1-3-4-22(11-17-21-16(12-26-17)18(23)25-2)19(24)20-8-13-5-14(9-20)7-15(6-13)10-20/h12-15H,3-11H2,1-2H3. The van der Waals surface area contributed by atoms with Crippen molar-refractivity contribution < 1.29 is 18.7 Å². The van der Waals surface area contributed by atoms with Crippen molar-refractivity contribution >= 4 is 11.9 Å². The number of rotatable bonds is 6. The van der Waals surface area contributed by atoms with Crippen LogP contribution in [0.5, 0.6) is 0 Å². The van der Waals surface area contributed by atoms with E-state index in [9.17, 15) is 9.59 Å². The first-order valence-electron chi connectivity index (χ1n) is 9.85. The molecule has 0 aliphatic heterocycles. The van der Waals surface area contributed by atoms with E-state index >= 15 is 0 Å². The van der Waals surface area contributed by atoms with Crippen LogP contribution in [0.3, 0.4) is 0 Å². The summed E-state index contributed by atoms with van der Waals surface area (Å²) in [6, 6.07) is 0. The Balaban J connectivity index is 1.52. The van der Waals surface area contributed by atoms with Gasteiger partial charge in [0.2, 0.25) is 11.8 Å². The minimum absolute atomic E-state index is 0.154. The Kier molecular flexibility index (Phi) is 4.53. The molecule has 4 aliphatic carbocycles. The van der Waals surface area contributed by atoms with Crippen molar-refractivity contribution in [3.05, 3.63) is 17.8 Å². The summed E-state index contributed by atoms with van der Waals surface area (Å²) >= 11 is 0. The van der Waals surface area contributed by atoms with Crippen LogP contribution in [0.25, 0.3) is 0 Å². The quantitative estimate of drug-likeness (QED) is 0.727. The van der Waals surface area contributed by atoms with Crippen LogP contribution >= 0.6 is 0 Å². The molecule has 142 valence electrons. The van der Waals surface area contributed by atoms with Crippen molar-refractivity contribution in [2.45, 2.75) is 58.4 Å². The van der Waals surface area contributed by atoms with Gasteiger partial charge in [0.15, 0.2) is 5.69 Å². The highest BCUT2D eigenvalue weighted by Gasteiger charge is 2.55. The number of oxazole rings is 1.